The van der Waals surface area contributed by atoms with E-state index in [1.54, 1.807) is 6.07 Å². The summed E-state index contributed by atoms with van der Waals surface area (Å²) >= 11 is 0. The first-order valence-electron chi connectivity index (χ1n) is 11.5. The van der Waals surface area contributed by atoms with E-state index < -0.39 is 36.5 Å². The number of aliphatic carboxylic acids is 1. The lowest BCUT2D eigenvalue weighted by Crippen LogP contribution is -2.53. The van der Waals surface area contributed by atoms with E-state index in [4.69, 9.17) is 15.6 Å². The quantitative estimate of drug-likeness (QED) is 0.280. The van der Waals surface area contributed by atoms with Crippen molar-refractivity contribution in [1.82, 2.24) is 10.6 Å². The fraction of sp³-hybridized carbons (Fsp3) is 0.625. The zero-order valence-corrected chi connectivity index (χ0v) is 20.3. The molecule has 0 fully saturated rings. The maximum absolute atomic E-state index is 13.4. The first-order chi connectivity index (χ1) is 15.5. The lowest BCUT2D eigenvalue weighted by atomic mass is 9.99. The van der Waals surface area contributed by atoms with Crippen molar-refractivity contribution >= 4 is 17.8 Å². The highest BCUT2D eigenvalue weighted by molar-refractivity contribution is 6.01. The van der Waals surface area contributed by atoms with E-state index in [-0.39, 0.29) is 24.5 Å². The number of amides is 2. The van der Waals surface area contributed by atoms with E-state index in [1.165, 1.54) is 0 Å². The van der Waals surface area contributed by atoms with Crippen molar-refractivity contribution in [2.24, 2.45) is 17.6 Å². The van der Waals surface area contributed by atoms with Crippen LogP contribution in [0.1, 0.15) is 63.4 Å². The Bertz CT molecular complexity index is 796. The number of aliphatic hydroxyl groups excluding tert-OH is 1. The Kier molecular flexibility index (Phi) is 11.9. The second-order valence-electron chi connectivity index (χ2n) is 9.00. The molecule has 0 aliphatic rings. The molecule has 0 bridgehead atoms. The molecule has 1 aromatic rings. The van der Waals surface area contributed by atoms with Crippen molar-refractivity contribution < 1.29 is 29.3 Å². The number of aryl methyl sites for hydroxylation is 1. The van der Waals surface area contributed by atoms with Gasteiger partial charge in [-0.25, -0.2) is 4.79 Å². The summed E-state index contributed by atoms with van der Waals surface area (Å²) in [6, 6.07) is 2.72. The third kappa shape index (κ3) is 9.01. The molecule has 6 N–H and O–H groups in total. The zero-order valence-electron chi connectivity index (χ0n) is 20.3. The number of nitrogens with two attached hydrogens (primary N) is 1. The third-order valence-corrected chi connectivity index (χ3v) is 5.27. The standard InChI is InChI=1S/C24H39N3O6/c1-6-8-16-9-7-10-20(33-13-17(25)15(4)5)21(16)23(30)26-18(11-14(2)3)22(29)27-19(12-28)24(31)32/h7,9-10,14-15,17-19,28H,6,8,11-13,25H2,1-5H3,(H,26,30)(H,27,29)(H,31,32)/t17-,18+,19+/m1/s1. The largest absolute Gasteiger partial charge is 0.491 e. The molecular weight excluding hydrogens is 426 g/mol. The van der Waals surface area contributed by atoms with Gasteiger partial charge in [-0.3, -0.25) is 9.59 Å². The summed E-state index contributed by atoms with van der Waals surface area (Å²) in [5.74, 6) is -1.87. The average Bonchev–Trinajstić information content (AvgIpc) is 2.74. The van der Waals surface area contributed by atoms with E-state index >= 15 is 0 Å². The summed E-state index contributed by atoms with van der Waals surface area (Å²) in [6.07, 6.45) is 1.74. The first-order valence-corrected chi connectivity index (χ1v) is 11.5. The number of ether oxygens (including phenoxy) is 1. The highest BCUT2D eigenvalue weighted by Crippen LogP contribution is 2.25. The van der Waals surface area contributed by atoms with E-state index in [2.05, 4.69) is 10.6 Å². The van der Waals surface area contributed by atoms with Crippen LogP contribution in [-0.2, 0) is 16.0 Å². The molecule has 0 aliphatic heterocycles. The number of benzene rings is 1. The fourth-order valence-corrected chi connectivity index (χ4v) is 3.20. The maximum Gasteiger partial charge on any atom is 0.328 e. The lowest BCUT2D eigenvalue weighted by Gasteiger charge is -2.24. The van der Waals surface area contributed by atoms with E-state index in [0.717, 1.165) is 12.0 Å². The van der Waals surface area contributed by atoms with Gasteiger partial charge in [0, 0.05) is 6.04 Å². The minimum atomic E-state index is -1.45. The van der Waals surface area contributed by atoms with Crippen LogP contribution in [-0.4, -0.2) is 59.3 Å². The molecule has 0 heterocycles. The Morgan fingerprint density at radius 1 is 1.09 bits per heavy atom. The van der Waals surface area contributed by atoms with Crippen LogP contribution in [0.4, 0.5) is 0 Å². The van der Waals surface area contributed by atoms with Gasteiger partial charge in [0.2, 0.25) is 5.91 Å². The molecule has 0 radical (unpaired) electrons. The van der Waals surface area contributed by atoms with Crippen LogP contribution in [0.5, 0.6) is 5.75 Å². The summed E-state index contributed by atoms with van der Waals surface area (Å²) in [5.41, 5.74) is 7.23. The number of rotatable bonds is 14. The lowest BCUT2D eigenvalue weighted by molar-refractivity contribution is -0.143. The third-order valence-electron chi connectivity index (χ3n) is 5.27. The Balaban J connectivity index is 3.20. The molecule has 0 unspecified atom stereocenters. The van der Waals surface area contributed by atoms with Gasteiger partial charge in [0.15, 0.2) is 0 Å². The minimum Gasteiger partial charge on any atom is -0.491 e. The normalized spacial score (nSPS) is 14.0. The van der Waals surface area contributed by atoms with Crippen molar-refractivity contribution in [3.8, 4) is 5.75 Å². The van der Waals surface area contributed by atoms with Crippen LogP contribution < -0.4 is 21.1 Å². The minimum absolute atomic E-state index is 0.0455. The Morgan fingerprint density at radius 3 is 2.27 bits per heavy atom. The van der Waals surface area contributed by atoms with Gasteiger partial charge in [-0.15, -0.1) is 0 Å². The van der Waals surface area contributed by atoms with Crippen LogP contribution in [0.3, 0.4) is 0 Å². The summed E-state index contributed by atoms with van der Waals surface area (Å²) in [5, 5.41) is 23.4. The van der Waals surface area contributed by atoms with Crippen LogP contribution in [0, 0.1) is 11.8 Å². The van der Waals surface area contributed by atoms with Gasteiger partial charge < -0.3 is 31.3 Å². The molecule has 3 atom stereocenters. The van der Waals surface area contributed by atoms with Crippen LogP contribution in [0.15, 0.2) is 18.2 Å². The molecule has 9 nitrogen and oxygen atoms in total. The van der Waals surface area contributed by atoms with Crippen molar-refractivity contribution in [3.63, 3.8) is 0 Å². The second-order valence-corrected chi connectivity index (χ2v) is 9.00. The van der Waals surface area contributed by atoms with Gasteiger partial charge >= 0.3 is 5.97 Å². The van der Waals surface area contributed by atoms with Gasteiger partial charge in [-0.05, 0) is 36.3 Å². The molecule has 0 aliphatic carbocycles. The van der Waals surface area contributed by atoms with Gasteiger partial charge in [0.05, 0.1) is 12.2 Å². The van der Waals surface area contributed by atoms with Crippen LogP contribution >= 0.6 is 0 Å². The van der Waals surface area contributed by atoms with E-state index in [0.29, 0.717) is 24.2 Å². The van der Waals surface area contributed by atoms with Gasteiger partial charge in [-0.1, -0.05) is 53.2 Å². The smallest absolute Gasteiger partial charge is 0.328 e. The molecule has 0 spiro atoms. The number of nitrogens with one attached hydrogen (secondary N) is 2. The summed E-state index contributed by atoms with van der Waals surface area (Å²) in [6.45, 7) is 9.24. The Morgan fingerprint density at radius 2 is 1.76 bits per heavy atom. The number of carboxylic acids is 1. The number of carbonyl (C=O) groups is 3. The van der Waals surface area contributed by atoms with E-state index in [9.17, 15) is 19.5 Å². The summed E-state index contributed by atoms with van der Waals surface area (Å²) in [7, 11) is 0. The molecule has 1 aromatic carbocycles. The molecule has 2 amide bonds. The van der Waals surface area contributed by atoms with Crippen molar-refractivity contribution in [2.75, 3.05) is 13.2 Å². The average molecular weight is 466 g/mol. The predicted molar refractivity (Wildman–Crippen MR) is 126 cm³/mol. The van der Waals surface area contributed by atoms with Crippen LogP contribution in [0.25, 0.3) is 0 Å². The van der Waals surface area contributed by atoms with Crippen molar-refractivity contribution in [2.45, 2.75) is 72.0 Å². The second kappa shape index (κ2) is 13.8. The number of hydrogen-bond acceptors (Lipinski definition) is 6. The first kappa shape index (κ1) is 28.4. The number of carbonyl (C=O) groups excluding carboxylic acids is 2. The molecule has 1 rings (SSSR count). The maximum atomic E-state index is 13.4. The molecule has 9 heteroatoms. The Hall–Kier alpha value is -2.65. The molecular formula is C24H39N3O6. The van der Waals surface area contributed by atoms with Crippen LogP contribution in [0.2, 0.25) is 0 Å². The monoisotopic (exact) mass is 465 g/mol. The summed E-state index contributed by atoms with van der Waals surface area (Å²) < 4.78 is 5.91. The zero-order chi connectivity index (χ0) is 25.1. The fourth-order valence-electron chi connectivity index (χ4n) is 3.20. The number of hydrogen-bond donors (Lipinski definition) is 5. The molecule has 186 valence electrons. The molecule has 0 saturated carbocycles. The molecule has 33 heavy (non-hydrogen) atoms. The van der Waals surface area contributed by atoms with E-state index in [1.807, 2.05) is 46.8 Å². The van der Waals surface area contributed by atoms with Gasteiger partial charge in [0.1, 0.15) is 24.4 Å². The topological polar surface area (TPSA) is 151 Å². The SMILES string of the molecule is CCCc1cccc(OC[C@@H](N)C(C)C)c1C(=O)N[C@@H](CC(C)C)C(=O)N[C@@H](CO)C(=O)O. The summed E-state index contributed by atoms with van der Waals surface area (Å²) in [4.78, 5) is 37.3. The number of aliphatic hydroxyl groups is 1. The van der Waals surface area contributed by atoms with Gasteiger partial charge in [0.25, 0.3) is 5.91 Å². The highest BCUT2D eigenvalue weighted by Gasteiger charge is 2.29. The highest BCUT2D eigenvalue weighted by atomic mass is 16.5. The Labute approximate surface area is 196 Å². The molecule has 0 aromatic heterocycles. The molecule has 0 saturated heterocycles. The van der Waals surface area contributed by atoms with Crippen molar-refractivity contribution in [3.05, 3.63) is 29.3 Å². The predicted octanol–water partition coefficient (Wildman–Crippen LogP) is 1.71. The number of carboxylic acid groups (broad SMARTS) is 1. The van der Waals surface area contributed by atoms with Crippen molar-refractivity contribution in [1.29, 1.82) is 0 Å². The van der Waals surface area contributed by atoms with Gasteiger partial charge in [-0.2, -0.15) is 0 Å².